The number of carbonyl (C=O) groups is 1. The first kappa shape index (κ1) is 13.0. The van der Waals surface area contributed by atoms with E-state index in [1.54, 1.807) is 6.07 Å². The smallest absolute Gasteiger partial charge is 0.217 e. The second kappa shape index (κ2) is 5.97. The summed E-state index contributed by atoms with van der Waals surface area (Å²) in [4.78, 5) is 10.6. The number of carbonyl (C=O) groups excluding carboxylic acids is 1. The van der Waals surface area contributed by atoms with Gasteiger partial charge < -0.3 is 11.1 Å². The van der Waals surface area contributed by atoms with Gasteiger partial charge in [0.2, 0.25) is 5.91 Å². The summed E-state index contributed by atoms with van der Waals surface area (Å²) in [5, 5.41) is 3.87. The number of primary amides is 1. The Kier molecular flexibility index (Phi) is 4.33. The van der Waals surface area contributed by atoms with Gasteiger partial charge in [0.15, 0.2) is 0 Å². The van der Waals surface area contributed by atoms with E-state index in [0.29, 0.717) is 11.4 Å². The largest absolute Gasteiger partial charge is 0.382 e. The molecular formula is C11H13ClN4OS. The molecule has 1 aromatic heterocycles. The van der Waals surface area contributed by atoms with Crippen LogP contribution in [-0.4, -0.2) is 21.2 Å². The van der Waals surface area contributed by atoms with Gasteiger partial charge in [-0.3, -0.25) is 4.79 Å². The highest BCUT2D eigenvalue weighted by atomic mass is 35.5. The Morgan fingerprint density at radius 3 is 3.00 bits per heavy atom. The Morgan fingerprint density at radius 1 is 1.39 bits per heavy atom. The molecule has 0 spiro atoms. The maximum absolute atomic E-state index is 10.6. The molecule has 0 saturated heterocycles. The van der Waals surface area contributed by atoms with Crippen molar-refractivity contribution in [3.8, 4) is 0 Å². The van der Waals surface area contributed by atoms with Crippen LogP contribution in [0.3, 0.4) is 0 Å². The topological polar surface area (TPSA) is 80.9 Å². The first-order valence-corrected chi connectivity index (χ1v) is 6.72. The average Bonchev–Trinajstić information content (AvgIpc) is 2.79. The minimum absolute atomic E-state index is 0.265. The molecule has 96 valence electrons. The van der Waals surface area contributed by atoms with E-state index in [0.717, 1.165) is 47.8 Å². The van der Waals surface area contributed by atoms with Gasteiger partial charge in [-0.25, -0.2) is 0 Å². The predicted octanol–water partition coefficient (Wildman–Crippen LogP) is 2.41. The maximum atomic E-state index is 10.6. The number of nitrogens with zero attached hydrogens (tertiary/aromatic N) is 2. The number of unbranched alkanes of at least 4 members (excludes halogenated alkanes) is 1. The van der Waals surface area contributed by atoms with Crippen molar-refractivity contribution in [2.45, 2.75) is 19.3 Å². The summed E-state index contributed by atoms with van der Waals surface area (Å²) in [7, 11) is 0. The fourth-order valence-corrected chi connectivity index (χ4v) is 2.39. The summed E-state index contributed by atoms with van der Waals surface area (Å²) in [5.74, 6) is -0.265. The third kappa shape index (κ3) is 3.08. The predicted molar refractivity (Wildman–Crippen MR) is 74.0 cm³/mol. The number of anilines is 1. The van der Waals surface area contributed by atoms with Crippen LogP contribution in [0.4, 0.5) is 5.69 Å². The van der Waals surface area contributed by atoms with Crippen LogP contribution in [0.2, 0.25) is 5.02 Å². The number of nitrogens with two attached hydrogens (primary N) is 1. The number of aromatic nitrogens is 2. The molecule has 5 nitrogen and oxygen atoms in total. The number of amides is 1. The lowest BCUT2D eigenvalue weighted by Gasteiger charge is -2.08. The Bertz CT molecular complexity index is 557. The molecule has 1 heterocycles. The van der Waals surface area contributed by atoms with Crippen LogP contribution in [0.5, 0.6) is 0 Å². The van der Waals surface area contributed by atoms with Gasteiger partial charge >= 0.3 is 0 Å². The van der Waals surface area contributed by atoms with Crippen LogP contribution in [0.15, 0.2) is 12.1 Å². The number of rotatable bonds is 6. The van der Waals surface area contributed by atoms with E-state index in [1.807, 2.05) is 6.07 Å². The Balaban J connectivity index is 1.96. The first-order valence-electron chi connectivity index (χ1n) is 5.61. The van der Waals surface area contributed by atoms with E-state index in [1.165, 1.54) is 0 Å². The monoisotopic (exact) mass is 284 g/mol. The molecule has 0 aliphatic rings. The molecular weight excluding hydrogens is 272 g/mol. The minimum Gasteiger partial charge on any atom is -0.382 e. The zero-order valence-corrected chi connectivity index (χ0v) is 11.2. The Morgan fingerprint density at radius 2 is 2.22 bits per heavy atom. The lowest BCUT2D eigenvalue weighted by atomic mass is 10.2. The van der Waals surface area contributed by atoms with Gasteiger partial charge in [0, 0.05) is 13.0 Å². The van der Waals surface area contributed by atoms with Crippen molar-refractivity contribution in [1.82, 2.24) is 8.75 Å². The molecule has 3 N–H and O–H groups in total. The number of hydrogen-bond donors (Lipinski definition) is 2. The molecule has 1 aromatic carbocycles. The summed E-state index contributed by atoms with van der Waals surface area (Å²) in [5.41, 5.74) is 7.51. The molecule has 18 heavy (non-hydrogen) atoms. The zero-order valence-electron chi connectivity index (χ0n) is 9.65. The molecule has 0 saturated carbocycles. The van der Waals surface area contributed by atoms with Crippen molar-refractivity contribution in [2.75, 3.05) is 11.9 Å². The molecule has 0 fully saturated rings. The molecule has 0 unspecified atom stereocenters. The van der Waals surface area contributed by atoms with Gasteiger partial charge in [0.05, 0.1) is 22.4 Å². The Labute approximate surface area is 114 Å². The van der Waals surface area contributed by atoms with Crippen LogP contribution >= 0.6 is 23.3 Å². The number of halogens is 1. The van der Waals surface area contributed by atoms with Crippen molar-refractivity contribution in [1.29, 1.82) is 0 Å². The quantitative estimate of drug-likeness (QED) is 0.798. The van der Waals surface area contributed by atoms with E-state index in [-0.39, 0.29) is 5.91 Å². The summed E-state index contributed by atoms with van der Waals surface area (Å²) >= 11 is 7.29. The van der Waals surface area contributed by atoms with E-state index in [2.05, 4.69) is 14.1 Å². The molecule has 1 amide bonds. The highest BCUT2D eigenvalue weighted by Gasteiger charge is 2.09. The first-order chi connectivity index (χ1) is 8.68. The number of benzene rings is 1. The fourth-order valence-electron chi connectivity index (χ4n) is 1.63. The third-order valence-electron chi connectivity index (χ3n) is 2.53. The van der Waals surface area contributed by atoms with Crippen LogP contribution in [0.25, 0.3) is 11.0 Å². The molecule has 2 rings (SSSR count). The molecule has 0 bridgehead atoms. The van der Waals surface area contributed by atoms with Crippen LogP contribution < -0.4 is 11.1 Å². The average molecular weight is 285 g/mol. The number of hydrogen-bond acceptors (Lipinski definition) is 5. The standard InChI is InChI=1S/C11H13ClN4OS/c12-7-4-5-8-11(16-18-15-8)10(7)14-6-2-1-3-9(13)17/h4-5,14H,1-3,6H2,(H2,13,17). The summed E-state index contributed by atoms with van der Waals surface area (Å²) in [6.45, 7) is 0.726. The van der Waals surface area contributed by atoms with Gasteiger partial charge in [0.1, 0.15) is 11.0 Å². The second-order valence-corrected chi connectivity index (χ2v) is 4.84. The normalized spacial score (nSPS) is 10.7. The second-order valence-electron chi connectivity index (χ2n) is 3.90. The van der Waals surface area contributed by atoms with Gasteiger partial charge in [0.25, 0.3) is 0 Å². The Hall–Kier alpha value is -1.40. The molecule has 0 aliphatic heterocycles. The van der Waals surface area contributed by atoms with Gasteiger partial charge in [-0.15, -0.1) is 0 Å². The number of fused-ring (bicyclic) bond motifs is 1. The third-order valence-corrected chi connectivity index (χ3v) is 3.39. The van der Waals surface area contributed by atoms with Crippen molar-refractivity contribution in [2.24, 2.45) is 5.73 Å². The minimum atomic E-state index is -0.265. The SMILES string of the molecule is NC(=O)CCCCNc1c(Cl)ccc2nsnc12. The van der Waals surface area contributed by atoms with Crippen LogP contribution in [0, 0.1) is 0 Å². The van der Waals surface area contributed by atoms with Crippen molar-refractivity contribution in [3.05, 3.63) is 17.2 Å². The van der Waals surface area contributed by atoms with Gasteiger partial charge in [-0.1, -0.05) is 11.6 Å². The molecule has 0 radical (unpaired) electrons. The van der Waals surface area contributed by atoms with Crippen molar-refractivity contribution >= 4 is 46.0 Å². The molecule has 7 heteroatoms. The summed E-state index contributed by atoms with van der Waals surface area (Å²) < 4.78 is 8.37. The van der Waals surface area contributed by atoms with Crippen LogP contribution in [0.1, 0.15) is 19.3 Å². The van der Waals surface area contributed by atoms with E-state index in [4.69, 9.17) is 17.3 Å². The molecule has 0 atom stereocenters. The van der Waals surface area contributed by atoms with Gasteiger partial charge in [-0.05, 0) is 25.0 Å². The molecule has 2 aromatic rings. The highest BCUT2D eigenvalue weighted by molar-refractivity contribution is 7.00. The van der Waals surface area contributed by atoms with Crippen molar-refractivity contribution < 1.29 is 4.79 Å². The van der Waals surface area contributed by atoms with E-state index >= 15 is 0 Å². The summed E-state index contributed by atoms with van der Waals surface area (Å²) in [6, 6.07) is 3.65. The van der Waals surface area contributed by atoms with Crippen LogP contribution in [-0.2, 0) is 4.79 Å². The van der Waals surface area contributed by atoms with E-state index < -0.39 is 0 Å². The highest BCUT2D eigenvalue weighted by Crippen LogP contribution is 2.29. The number of nitrogens with one attached hydrogen (secondary N) is 1. The lowest BCUT2D eigenvalue weighted by molar-refractivity contribution is -0.118. The molecule has 0 aliphatic carbocycles. The summed E-state index contributed by atoms with van der Waals surface area (Å²) in [6.07, 6.45) is 2.04. The van der Waals surface area contributed by atoms with E-state index in [9.17, 15) is 4.79 Å². The zero-order chi connectivity index (χ0) is 13.0. The maximum Gasteiger partial charge on any atom is 0.217 e. The van der Waals surface area contributed by atoms with Crippen molar-refractivity contribution in [3.63, 3.8) is 0 Å². The fraction of sp³-hybridized carbons (Fsp3) is 0.364. The lowest BCUT2D eigenvalue weighted by Crippen LogP contribution is -2.11. The van der Waals surface area contributed by atoms with Gasteiger partial charge in [-0.2, -0.15) is 8.75 Å².